The van der Waals surface area contributed by atoms with Gasteiger partial charge in [-0.15, -0.1) is 0 Å². The lowest BCUT2D eigenvalue weighted by molar-refractivity contribution is -0.870. The number of carbonyl (C=O) groups excluding carboxylic acids is 1. The van der Waals surface area contributed by atoms with E-state index in [-0.39, 0.29) is 19.1 Å². The average molecular weight is 1210 g/mol. The fourth-order valence-electron chi connectivity index (χ4n) is 10.2. The summed E-state index contributed by atoms with van der Waals surface area (Å²) in [6.07, 6.45) is 96.4. The molecule has 1 amide bonds. The maximum Gasteiger partial charge on any atom is 0.268 e. The van der Waals surface area contributed by atoms with E-state index >= 15 is 0 Å². The molecule has 0 radical (unpaired) electrons. The van der Waals surface area contributed by atoms with Crippen LogP contribution in [0.3, 0.4) is 0 Å². The van der Waals surface area contributed by atoms with Crippen LogP contribution in [-0.2, 0) is 18.4 Å². The van der Waals surface area contributed by atoms with Crippen LogP contribution >= 0.6 is 7.82 Å². The molecule has 0 fully saturated rings. The molecule has 0 saturated heterocycles. The molecule has 0 heterocycles. The summed E-state index contributed by atoms with van der Waals surface area (Å²) in [5.41, 5.74) is 0. The molecule has 0 aromatic heterocycles. The quantitative estimate of drug-likeness (QED) is 0.0272. The van der Waals surface area contributed by atoms with Crippen molar-refractivity contribution in [2.75, 3.05) is 40.9 Å². The summed E-state index contributed by atoms with van der Waals surface area (Å²) in [7, 11) is 1.25. The fraction of sp³-hybridized carbons (Fsp3) is 0.750. The second-order valence-corrected chi connectivity index (χ2v) is 26.6. The molecule has 0 aromatic rings. The molecule has 0 rings (SSSR count). The largest absolute Gasteiger partial charge is 0.756 e. The first-order chi connectivity index (χ1) is 41.5. The predicted octanol–water partition coefficient (Wildman–Crippen LogP) is 22.4. The first kappa shape index (κ1) is 82.2. The van der Waals surface area contributed by atoms with Crippen LogP contribution < -0.4 is 10.2 Å². The van der Waals surface area contributed by atoms with Gasteiger partial charge in [-0.2, -0.15) is 0 Å². The lowest BCUT2D eigenvalue weighted by atomic mass is 10.0. The molecule has 8 nitrogen and oxygen atoms in total. The third-order valence-electron chi connectivity index (χ3n) is 15.7. The Morgan fingerprint density at radius 2 is 0.718 bits per heavy atom. The summed E-state index contributed by atoms with van der Waals surface area (Å²) in [6.45, 7) is 4.56. The first-order valence-corrected chi connectivity index (χ1v) is 37.2. The van der Waals surface area contributed by atoms with Gasteiger partial charge in [0.1, 0.15) is 13.2 Å². The molecular formula is C76H137N2O6P. The third-order valence-corrected chi connectivity index (χ3v) is 16.7. The second kappa shape index (κ2) is 65.6. The van der Waals surface area contributed by atoms with Crippen LogP contribution in [-0.4, -0.2) is 68.5 Å². The number of aliphatic hydroxyl groups excluding tert-OH is 1. The highest BCUT2D eigenvalue weighted by molar-refractivity contribution is 7.45. The Hall–Kier alpha value is -2.84. The predicted molar refractivity (Wildman–Crippen MR) is 371 cm³/mol. The highest BCUT2D eigenvalue weighted by Crippen LogP contribution is 2.38. The van der Waals surface area contributed by atoms with Gasteiger partial charge in [0.05, 0.1) is 39.9 Å². The molecule has 492 valence electrons. The molecule has 85 heavy (non-hydrogen) atoms. The van der Waals surface area contributed by atoms with Crippen LogP contribution in [0.15, 0.2) is 109 Å². The van der Waals surface area contributed by atoms with Gasteiger partial charge >= 0.3 is 0 Å². The maximum atomic E-state index is 13.0. The number of quaternary nitrogens is 1. The zero-order valence-electron chi connectivity index (χ0n) is 56.3. The van der Waals surface area contributed by atoms with Crippen molar-refractivity contribution < 1.29 is 32.9 Å². The van der Waals surface area contributed by atoms with Gasteiger partial charge in [-0.3, -0.25) is 9.36 Å². The lowest BCUT2D eigenvalue weighted by Crippen LogP contribution is -2.45. The first-order valence-electron chi connectivity index (χ1n) is 35.7. The Kier molecular flexibility index (Phi) is 63.4. The minimum Gasteiger partial charge on any atom is -0.756 e. The van der Waals surface area contributed by atoms with Gasteiger partial charge in [0, 0.05) is 6.42 Å². The average Bonchev–Trinajstić information content (AvgIpc) is 3.49. The second-order valence-electron chi connectivity index (χ2n) is 25.2. The molecular weight excluding hydrogens is 1070 g/mol. The Morgan fingerprint density at radius 3 is 1.05 bits per heavy atom. The topological polar surface area (TPSA) is 108 Å². The summed E-state index contributed by atoms with van der Waals surface area (Å²) in [4.78, 5) is 25.7. The highest BCUT2D eigenvalue weighted by Gasteiger charge is 2.23. The van der Waals surface area contributed by atoms with Crippen molar-refractivity contribution in [2.45, 2.75) is 328 Å². The van der Waals surface area contributed by atoms with E-state index in [1.54, 1.807) is 6.08 Å². The molecule has 2 N–H and O–H groups in total. The Balaban J connectivity index is 4.13. The van der Waals surface area contributed by atoms with Gasteiger partial charge in [-0.1, -0.05) is 335 Å². The standard InChI is InChI=1S/C76H137N2O6P/c1-6-8-10-12-14-16-18-20-22-24-26-28-30-32-34-36-38-39-40-42-44-46-48-50-52-54-56-58-60-62-64-66-68-70-76(80)77-74(73-84-85(81,82)83-72-71-78(3,4)5)75(79)69-67-65-63-61-59-57-55-53-51-49-47-45-43-41-37-35-33-31-29-27-25-23-21-19-17-15-13-11-9-7-2/h8,10,14,16,20,22,26,28,32,34,38-39,42,44,48,50,67,69,74-75,79H,6-7,9,11-13,15,17-19,21,23-25,27,29-31,33,35-37,40-41,43,45-47,49,51-66,68,70-73H2,1-5H3,(H-,77,80,81,82)/b10-8-,16-14-,22-20-,28-26-,34-32-,39-38-,44-42-,50-48-,69-67+. The van der Waals surface area contributed by atoms with E-state index in [1.807, 2.05) is 27.2 Å². The number of nitrogens with one attached hydrogen (secondary N) is 1. The monoisotopic (exact) mass is 1210 g/mol. The van der Waals surface area contributed by atoms with Gasteiger partial charge in [0.2, 0.25) is 5.91 Å². The van der Waals surface area contributed by atoms with E-state index < -0.39 is 20.0 Å². The molecule has 0 aromatic carbocycles. The SMILES string of the molecule is CC/C=C\C/C=C\C/C=C\C/C=C\C/C=C\C/C=C\C/C=C\C/C=C\CCCCCCCCCCC(=O)NC(COP(=O)([O-])OCC[N+](C)(C)C)C(O)/C=C/CCCCCCCCCCCCCCCCCCCCCCCCCCCCCC. The van der Waals surface area contributed by atoms with E-state index in [1.165, 1.54) is 193 Å². The van der Waals surface area contributed by atoms with Crippen LogP contribution in [0.4, 0.5) is 0 Å². The van der Waals surface area contributed by atoms with E-state index in [2.05, 4.69) is 116 Å². The summed E-state index contributed by atoms with van der Waals surface area (Å²) < 4.78 is 23.5. The van der Waals surface area contributed by atoms with Crippen molar-refractivity contribution in [1.29, 1.82) is 0 Å². The van der Waals surface area contributed by atoms with Crippen molar-refractivity contribution in [3.63, 3.8) is 0 Å². The number of nitrogens with zero attached hydrogens (tertiary/aromatic N) is 1. The molecule has 3 atom stereocenters. The van der Waals surface area contributed by atoms with E-state index in [4.69, 9.17) is 9.05 Å². The smallest absolute Gasteiger partial charge is 0.268 e. The number of likely N-dealkylation sites (N-methyl/N-ethyl adjacent to an activating group) is 1. The van der Waals surface area contributed by atoms with Crippen molar-refractivity contribution in [3.05, 3.63) is 109 Å². The summed E-state index contributed by atoms with van der Waals surface area (Å²) in [5.74, 6) is -0.207. The summed E-state index contributed by atoms with van der Waals surface area (Å²) in [6, 6.07) is -0.901. The molecule has 0 aliphatic carbocycles. The highest BCUT2D eigenvalue weighted by atomic mass is 31.2. The number of phosphoric acid groups is 1. The number of carbonyl (C=O) groups is 1. The van der Waals surface area contributed by atoms with Crippen LogP contribution in [0.25, 0.3) is 0 Å². The van der Waals surface area contributed by atoms with Crippen LogP contribution in [0.5, 0.6) is 0 Å². The summed E-state index contributed by atoms with van der Waals surface area (Å²) in [5, 5.41) is 14.0. The molecule has 0 saturated carbocycles. The van der Waals surface area contributed by atoms with Gasteiger partial charge < -0.3 is 28.8 Å². The Labute approximate surface area is 527 Å². The van der Waals surface area contributed by atoms with Crippen LogP contribution in [0.2, 0.25) is 0 Å². The van der Waals surface area contributed by atoms with Crippen molar-refractivity contribution in [3.8, 4) is 0 Å². The normalized spacial score (nSPS) is 14.3. The van der Waals surface area contributed by atoms with Gasteiger partial charge in [0.25, 0.3) is 7.82 Å². The van der Waals surface area contributed by atoms with Gasteiger partial charge in [0.15, 0.2) is 0 Å². The third kappa shape index (κ3) is 68.5. The Morgan fingerprint density at radius 1 is 0.424 bits per heavy atom. The molecule has 0 spiro atoms. The fourth-order valence-corrected chi connectivity index (χ4v) is 11.0. The van der Waals surface area contributed by atoms with Crippen molar-refractivity contribution in [2.24, 2.45) is 0 Å². The van der Waals surface area contributed by atoms with Crippen LogP contribution in [0, 0.1) is 0 Å². The zero-order chi connectivity index (χ0) is 61.9. The minimum atomic E-state index is -4.61. The molecule has 9 heteroatoms. The number of aliphatic hydroxyl groups is 1. The molecule has 3 unspecified atom stereocenters. The summed E-state index contributed by atoms with van der Waals surface area (Å²) >= 11 is 0. The Bertz CT molecular complexity index is 1760. The maximum absolute atomic E-state index is 13.0. The molecule has 0 aliphatic heterocycles. The molecule has 0 bridgehead atoms. The van der Waals surface area contributed by atoms with E-state index in [0.717, 1.165) is 103 Å². The number of hydrogen-bond acceptors (Lipinski definition) is 6. The van der Waals surface area contributed by atoms with Gasteiger partial charge in [-0.05, 0) is 83.5 Å². The minimum absolute atomic E-state index is 0.00742. The number of amides is 1. The van der Waals surface area contributed by atoms with E-state index in [9.17, 15) is 19.4 Å². The van der Waals surface area contributed by atoms with Crippen molar-refractivity contribution >= 4 is 13.7 Å². The number of allylic oxidation sites excluding steroid dienone is 17. The van der Waals surface area contributed by atoms with Gasteiger partial charge in [-0.25, -0.2) is 0 Å². The number of rotatable bonds is 65. The van der Waals surface area contributed by atoms with Crippen molar-refractivity contribution in [1.82, 2.24) is 5.32 Å². The van der Waals surface area contributed by atoms with E-state index in [0.29, 0.717) is 17.4 Å². The lowest BCUT2D eigenvalue weighted by Gasteiger charge is -2.29. The number of phosphoric ester groups is 1. The van der Waals surface area contributed by atoms with Crippen LogP contribution in [0.1, 0.15) is 316 Å². The number of unbranched alkanes of at least 4 members (excludes halogenated alkanes) is 36. The number of hydrogen-bond donors (Lipinski definition) is 2. The molecule has 0 aliphatic rings. The zero-order valence-corrected chi connectivity index (χ0v) is 57.2.